The van der Waals surface area contributed by atoms with E-state index in [0.29, 0.717) is 6.73 Å². The largest absolute Gasteiger partial charge is 0.385 e. The van der Waals surface area contributed by atoms with Crippen molar-refractivity contribution in [3.05, 3.63) is 24.4 Å². The average molecular weight is 182 g/mol. The highest BCUT2D eigenvalue weighted by atomic mass is 16.5. The summed E-state index contributed by atoms with van der Waals surface area (Å²) in [5.41, 5.74) is 1.05. The first-order valence-corrected chi connectivity index (χ1v) is 4.36. The molecule has 74 valence electrons. The van der Waals surface area contributed by atoms with Crippen molar-refractivity contribution >= 4 is 6.21 Å². The molecule has 0 bridgehead atoms. The molecule has 3 heteroatoms. The number of hydrogen-bond donors (Lipinski definition) is 1. The van der Waals surface area contributed by atoms with E-state index in [1.54, 1.807) is 13.3 Å². The van der Waals surface area contributed by atoms with Crippen LogP contribution in [0.3, 0.4) is 0 Å². The smallest absolute Gasteiger partial charge is 0.137 e. The van der Waals surface area contributed by atoms with E-state index in [1.807, 2.05) is 12.2 Å². The van der Waals surface area contributed by atoms with Crippen molar-refractivity contribution in [3.8, 4) is 0 Å². The Balaban J connectivity index is 3.36. The summed E-state index contributed by atoms with van der Waals surface area (Å²) in [4.78, 5) is 3.94. The molecular weight excluding hydrogens is 164 g/mol. The molecule has 0 fully saturated rings. The van der Waals surface area contributed by atoms with Gasteiger partial charge in [-0.3, -0.25) is 4.99 Å². The van der Waals surface area contributed by atoms with Gasteiger partial charge >= 0.3 is 0 Å². The van der Waals surface area contributed by atoms with Crippen molar-refractivity contribution in [2.45, 2.75) is 13.3 Å². The Bertz CT molecular complexity index is 185. The summed E-state index contributed by atoms with van der Waals surface area (Å²) in [6.07, 6.45) is 6.56. The van der Waals surface area contributed by atoms with Gasteiger partial charge in [-0.25, -0.2) is 0 Å². The molecular formula is C10H18N2O. The van der Waals surface area contributed by atoms with E-state index in [9.17, 15) is 0 Å². The maximum absolute atomic E-state index is 4.74. The minimum Gasteiger partial charge on any atom is -0.385 e. The lowest BCUT2D eigenvalue weighted by molar-refractivity contribution is 0.209. The van der Waals surface area contributed by atoms with Gasteiger partial charge in [0.05, 0.1) is 0 Å². The second-order valence-corrected chi connectivity index (χ2v) is 2.52. The molecule has 0 aromatic carbocycles. The highest BCUT2D eigenvalue weighted by molar-refractivity contribution is 5.70. The fraction of sp³-hybridized carbons (Fsp3) is 0.500. The van der Waals surface area contributed by atoms with E-state index in [1.165, 1.54) is 0 Å². The van der Waals surface area contributed by atoms with E-state index in [-0.39, 0.29) is 0 Å². The molecule has 0 saturated heterocycles. The molecule has 0 spiro atoms. The number of ether oxygens (including phenoxy) is 1. The summed E-state index contributed by atoms with van der Waals surface area (Å²) < 4.78 is 4.74. The summed E-state index contributed by atoms with van der Waals surface area (Å²) in [6, 6.07) is 0. The molecule has 0 aromatic rings. The van der Waals surface area contributed by atoms with Gasteiger partial charge in [0.2, 0.25) is 0 Å². The molecule has 0 aliphatic carbocycles. The quantitative estimate of drug-likeness (QED) is 0.608. The van der Waals surface area contributed by atoms with Crippen LogP contribution in [0.4, 0.5) is 0 Å². The molecule has 0 rings (SSSR count). The third-order valence-electron chi connectivity index (χ3n) is 1.43. The van der Waals surface area contributed by atoms with Gasteiger partial charge < -0.3 is 10.1 Å². The van der Waals surface area contributed by atoms with Gasteiger partial charge in [-0.05, 0) is 12.5 Å². The Morgan fingerprint density at radius 3 is 3.00 bits per heavy atom. The van der Waals surface area contributed by atoms with E-state index >= 15 is 0 Å². The standard InChI is InChI=1S/C10H18N2O/c1-4-10(2)12-8-6-5-7-11-9-13-3/h5-7,12H,2,4,8-9H2,1,3H3/b6-5-,11-7-. The molecule has 0 amide bonds. The molecule has 0 aliphatic heterocycles. The molecule has 3 nitrogen and oxygen atoms in total. The van der Waals surface area contributed by atoms with Gasteiger partial charge in [0.1, 0.15) is 6.73 Å². The fourth-order valence-corrected chi connectivity index (χ4v) is 0.636. The Hall–Kier alpha value is -1.09. The molecule has 0 aromatic heterocycles. The molecule has 0 saturated carbocycles. The lowest BCUT2D eigenvalue weighted by Crippen LogP contribution is -2.10. The van der Waals surface area contributed by atoms with Crippen molar-refractivity contribution in [3.63, 3.8) is 0 Å². The van der Waals surface area contributed by atoms with Gasteiger partial charge in [0.15, 0.2) is 0 Å². The molecule has 0 radical (unpaired) electrons. The number of methoxy groups -OCH3 is 1. The highest BCUT2D eigenvalue weighted by Gasteiger charge is 1.82. The Morgan fingerprint density at radius 2 is 2.38 bits per heavy atom. The first-order chi connectivity index (χ1) is 6.31. The van der Waals surface area contributed by atoms with E-state index in [0.717, 1.165) is 18.7 Å². The first kappa shape index (κ1) is 11.9. The SMILES string of the molecule is C=C(CC)NC/C=C\C=N/COC. The molecule has 0 unspecified atom stereocenters. The third-order valence-corrected chi connectivity index (χ3v) is 1.43. The lowest BCUT2D eigenvalue weighted by atomic mass is 10.4. The minimum atomic E-state index is 0.416. The van der Waals surface area contributed by atoms with E-state index in [4.69, 9.17) is 4.74 Å². The fourth-order valence-electron chi connectivity index (χ4n) is 0.636. The van der Waals surface area contributed by atoms with Crippen molar-refractivity contribution < 1.29 is 4.74 Å². The van der Waals surface area contributed by atoms with Gasteiger partial charge in [0.25, 0.3) is 0 Å². The summed E-state index contributed by atoms with van der Waals surface area (Å²) in [6.45, 7) is 7.10. The molecule has 0 aliphatic rings. The normalized spacial score (nSPS) is 11.2. The predicted molar refractivity (Wildman–Crippen MR) is 56.9 cm³/mol. The average Bonchev–Trinajstić information content (AvgIpc) is 2.16. The van der Waals surface area contributed by atoms with Crippen LogP contribution in [-0.4, -0.2) is 26.6 Å². The number of nitrogens with one attached hydrogen (secondary N) is 1. The summed E-state index contributed by atoms with van der Waals surface area (Å²) in [5.74, 6) is 0. The van der Waals surface area contributed by atoms with Crippen molar-refractivity contribution in [1.82, 2.24) is 5.32 Å². The van der Waals surface area contributed by atoms with Crippen LogP contribution in [-0.2, 0) is 4.74 Å². The Kier molecular flexibility index (Phi) is 8.25. The first-order valence-electron chi connectivity index (χ1n) is 4.36. The lowest BCUT2D eigenvalue weighted by Gasteiger charge is -2.01. The zero-order valence-corrected chi connectivity index (χ0v) is 8.42. The third kappa shape index (κ3) is 8.82. The maximum Gasteiger partial charge on any atom is 0.137 e. The number of aliphatic imine (C=N–C) groups is 1. The summed E-state index contributed by atoms with van der Waals surface area (Å²) >= 11 is 0. The van der Waals surface area contributed by atoms with Gasteiger partial charge in [-0.2, -0.15) is 0 Å². The van der Waals surface area contributed by atoms with Crippen molar-refractivity contribution in [2.24, 2.45) is 4.99 Å². The van der Waals surface area contributed by atoms with Crippen LogP contribution in [0, 0.1) is 0 Å². The number of allylic oxidation sites excluding steroid dienone is 2. The monoisotopic (exact) mass is 182 g/mol. The van der Waals surface area contributed by atoms with Crippen LogP contribution in [0.2, 0.25) is 0 Å². The van der Waals surface area contributed by atoms with Gasteiger partial charge in [-0.1, -0.05) is 19.6 Å². The predicted octanol–water partition coefficient (Wildman–Crippen LogP) is 1.73. The second kappa shape index (κ2) is 9.00. The Labute approximate surface area is 80.2 Å². The van der Waals surface area contributed by atoms with E-state index in [2.05, 4.69) is 23.8 Å². The molecule has 1 N–H and O–H groups in total. The van der Waals surface area contributed by atoms with E-state index < -0.39 is 0 Å². The second-order valence-electron chi connectivity index (χ2n) is 2.52. The zero-order chi connectivity index (χ0) is 9.94. The summed E-state index contributed by atoms with van der Waals surface area (Å²) in [7, 11) is 1.62. The van der Waals surface area contributed by atoms with Crippen LogP contribution in [0.5, 0.6) is 0 Å². The van der Waals surface area contributed by atoms with Crippen LogP contribution in [0.15, 0.2) is 29.4 Å². The molecule has 13 heavy (non-hydrogen) atoms. The highest BCUT2D eigenvalue weighted by Crippen LogP contribution is 1.88. The Morgan fingerprint density at radius 1 is 1.62 bits per heavy atom. The zero-order valence-electron chi connectivity index (χ0n) is 8.42. The van der Waals surface area contributed by atoms with Crippen LogP contribution < -0.4 is 5.32 Å². The van der Waals surface area contributed by atoms with Crippen LogP contribution in [0.1, 0.15) is 13.3 Å². The number of rotatable bonds is 7. The number of nitrogens with zero attached hydrogens (tertiary/aromatic N) is 1. The van der Waals surface area contributed by atoms with Gasteiger partial charge in [-0.15, -0.1) is 0 Å². The molecule has 0 atom stereocenters. The van der Waals surface area contributed by atoms with Crippen molar-refractivity contribution in [1.29, 1.82) is 0 Å². The van der Waals surface area contributed by atoms with Crippen LogP contribution >= 0.6 is 0 Å². The minimum absolute atomic E-state index is 0.416. The molecule has 0 heterocycles. The van der Waals surface area contributed by atoms with Crippen LogP contribution in [0.25, 0.3) is 0 Å². The van der Waals surface area contributed by atoms with Crippen molar-refractivity contribution in [2.75, 3.05) is 20.4 Å². The number of hydrogen-bond acceptors (Lipinski definition) is 3. The topological polar surface area (TPSA) is 33.6 Å². The maximum atomic E-state index is 4.74. The summed E-state index contributed by atoms with van der Waals surface area (Å²) in [5, 5.41) is 3.15. The van der Waals surface area contributed by atoms with Gasteiger partial charge in [0, 0.05) is 25.6 Å².